The SMILES string of the molecule is Cc1noc(Cl)c1CCC(=O)NC(Cn1cnc2ccccc21)c1ccc(F)cc1. The Kier molecular flexibility index (Phi) is 5.81. The molecule has 6 nitrogen and oxygen atoms in total. The van der Waals surface area contributed by atoms with Gasteiger partial charge in [-0.25, -0.2) is 9.37 Å². The number of carbonyl (C=O) groups excluding carboxylic acids is 1. The van der Waals surface area contributed by atoms with E-state index >= 15 is 0 Å². The Hall–Kier alpha value is -3.19. The number of fused-ring (bicyclic) bond motifs is 1. The zero-order valence-corrected chi connectivity index (χ0v) is 17.1. The minimum absolute atomic E-state index is 0.148. The molecule has 1 amide bonds. The van der Waals surface area contributed by atoms with Crippen LogP contribution in [0, 0.1) is 12.7 Å². The van der Waals surface area contributed by atoms with Gasteiger partial charge in [0.15, 0.2) is 0 Å². The van der Waals surface area contributed by atoms with Crippen molar-refractivity contribution < 1.29 is 13.7 Å². The maximum absolute atomic E-state index is 13.4. The minimum atomic E-state index is -0.352. The molecule has 0 spiro atoms. The zero-order chi connectivity index (χ0) is 21.1. The highest BCUT2D eigenvalue weighted by Crippen LogP contribution is 2.22. The Labute approximate surface area is 177 Å². The summed E-state index contributed by atoms with van der Waals surface area (Å²) in [7, 11) is 0. The van der Waals surface area contributed by atoms with Crippen LogP contribution >= 0.6 is 11.6 Å². The lowest BCUT2D eigenvalue weighted by Gasteiger charge is -2.20. The van der Waals surface area contributed by atoms with Gasteiger partial charge in [-0.05, 0) is 54.8 Å². The van der Waals surface area contributed by atoms with Crippen LogP contribution in [0.4, 0.5) is 4.39 Å². The summed E-state index contributed by atoms with van der Waals surface area (Å²) in [6.45, 7) is 2.25. The molecule has 2 aromatic carbocycles. The van der Waals surface area contributed by atoms with Crippen LogP contribution < -0.4 is 5.32 Å². The number of imidazole rings is 1. The molecule has 1 N–H and O–H groups in total. The van der Waals surface area contributed by atoms with Gasteiger partial charge >= 0.3 is 0 Å². The lowest BCUT2D eigenvalue weighted by atomic mass is 10.1. The molecule has 154 valence electrons. The fourth-order valence-electron chi connectivity index (χ4n) is 3.43. The summed E-state index contributed by atoms with van der Waals surface area (Å²) >= 11 is 5.99. The number of aryl methyl sites for hydroxylation is 1. The number of nitrogens with zero attached hydrogens (tertiary/aromatic N) is 3. The number of hydrogen-bond donors (Lipinski definition) is 1. The maximum Gasteiger partial charge on any atom is 0.229 e. The standard InChI is InChI=1S/C22H20ClFN4O2/c1-14-17(22(23)30-27-14)10-11-21(29)26-19(15-6-8-16(24)9-7-15)12-28-13-25-18-4-2-3-5-20(18)28/h2-9,13,19H,10-12H2,1H3,(H,26,29). The molecule has 8 heteroatoms. The van der Waals surface area contributed by atoms with Gasteiger partial charge in [0.1, 0.15) is 5.82 Å². The molecule has 30 heavy (non-hydrogen) atoms. The number of carbonyl (C=O) groups is 1. The van der Waals surface area contributed by atoms with E-state index in [1.165, 1.54) is 12.1 Å². The van der Waals surface area contributed by atoms with Crippen LogP contribution in [-0.2, 0) is 17.8 Å². The van der Waals surface area contributed by atoms with Crippen LogP contribution in [0.2, 0.25) is 5.22 Å². The second-order valence-electron chi connectivity index (χ2n) is 7.08. The van der Waals surface area contributed by atoms with E-state index in [0.29, 0.717) is 18.7 Å². The average molecular weight is 427 g/mol. The van der Waals surface area contributed by atoms with Gasteiger partial charge in [-0.15, -0.1) is 0 Å². The number of benzene rings is 2. The van der Waals surface area contributed by atoms with E-state index in [1.54, 1.807) is 25.4 Å². The Morgan fingerprint density at radius 1 is 1.23 bits per heavy atom. The van der Waals surface area contributed by atoms with Crippen LogP contribution in [-0.4, -0.2) is 20.6 Å². The first kappa shape index (κ1) is 20.1. The number of aromatic nitrogens is 3. The van der Waals surface area contributed by atoms with Crippen molar-refractivity contribution in [1.82, 2.24) is 20.0 Å². The van der Waals surface area contributed by atoms with E-state index in [-0.39, 0.29) is 29.4 Å². The summed E-state index contributed by atoms with van der Waals surface area (Å²) in [6, 6.07) is 13.6. The van der Waals surface area contributed by atoms with Gasteiger partial charge in [0.05, 0.1) is 29.1 Å². The predicted molar refractivity (Wildman–Crippen MR) is 112 cm³/mol. The Morgan fingerprint density at radius 3 is 2.73 bits per heavy atom. The number of para-hydroxylation sites is 2. The maximum atomic E-state index is 13.4. The van der Waals surface area contributed by atoms with Crippen molar-refractivity contribution in [3.05, 3.63) is 82.7 Å². The van der Waals surface area contributed by atoms with Gasteiger partial charge in [0.25, 0.3) is 0 Å². The van der Waals surface area contributed by atoms with Gasteiger partial charge < -0.3 is 14.4 Å². The van der Waals surface area contributed by atoms with Crippen molar-refractivity contribution >= 4 is 28.5 Å². The van der Waals surface area contributed by atoms with Gasteiger partial charge in [0, 0.05) is 18.5 Å². The summed E-state index contributed by atoms with van der Waals surface area (Å²) < 4.78 is 20.3. The van der Waals surface area contributed by atoms with Gasteiger partial charge in [0.2, 0.25) is 11.1 Å². The van der Waals surface area contributed by atoms with Crippen LogP contribution in [0.5, 0.6) is 0 Å². The molecule has 4 rings (SSSR count). The van der Waals surface area contributed by atoms with Crippen LogP contribution in [0.3, 0.4) is 0 Å². The van der Waals surface area contributed by atoms with Crippen LogP contribution in [0.15, 0.2) is 59.4 Å². The molecular weight excluding hydrogens is 407 g/mol. The zero-order valence-electron chi connectivity index (χ0n) is 16.3. The molecule has 0 saturated heterocycles. The van der Waals surface area contributed by atoms with E-state index in [4.69, 9.17) is 16.1 Å². The molecule has 0 aliphatic heterocycles. The summed E-state index contributed by atoms with van der Waals surface area (Å²) in [5.74, 6) is -0.472. The largest absolute Gasteiger partial charge is 0.347 e. The van der Waals surface area contributed by atoms with Crippen LogP contribution in [0.1, 0.15) is 29.3 Å². The quantitative estimate of drug-likeness (QED) is 0.468. The highest BCUT2D eigenvalue weighted by molar-refractivity contribution is 6.29. The smallest absolute Gasteiger partial charge is 0.229 e. The van der Waals surface area contributed by atoms with Crippen molar-refractivity contribution in [1.29, 1.82) is 0 Å². The first-order valence-corrected chi connectivity index (χ1v) is 9.94. The molecule has 1 unspecified atom stereocenters. The second kappa shape index (κ2) is 8.67. The topological polar surface area (TPSA) is 73.0 Å². The predicted octanol–water partition coefficient (Wildman–Crippen LogP) is 4.62. The first-order valence-electron chi connectivity index (χ1n) is 9.56. The number of hydrogen-bond acceptors (Lipinski definition) is 4. The lowest BCUT2D eigenvalue weighted by Crippen LogP contribution is -2.31. The molecule has 0 aliphatic carbocycles. The normalized spacial score (nSPS) is 12.2. The molecule has 1 atom stereocenters. The molecule has 2 heterocycles. The molecule has 0 aliphatic rings. The average Bonchev–Trinajstić information content (AvgIpc) is 3.29. The Bertz CT molecular complexity index is 1150. The minimum Gasteiger partial charge on any atom is -0.347 e. The molecule has 0 fully saturated rings. The fraction of sp³-hybridized carbons (Fsp3) is 0.227. The molecule has 2 aromatic heterocycles. The van der Waals surface area contributed by atoms with Gasteiger partial charge in [-0.3, -0.25) is 4.79 Å². The summed E-state index contributed by atoms with van der Waals surface area (Å²) in [5.41, 5.74) is 4.05. The molecule has 0 radical (unpaired) electrons. The highest BCUT2D eigenvalue weighted by Gasteiger charge is 2.18. The summed E-state index contributed by atoms with van der Waals surface area (Å²) in [5, 5.41) is 7.07. The Morgan fingerprint density at radius 2 is 2.00 bits per heavy atom. The Balaban J connectivity index is 1.53. The fourth-order valence-corrected chi connectivity index (χ4v) is 3.69. The van der Waals surface area contributed by atoms with Crippen molar-refractivity contribution in [2.45, 2.75) is 32.4 Å². The summed E-state index contributed by atoms with van der Waals surface area (Å²) in [4.78, 5) is 17.1. The molecular formula is C22H20ClFN4O2. The second-order valence-corrected chi connectivity index (χ2v) is 7.42. The molecule has 0 bridgehead atoms. The third-order valence-corrected chi connectivity index (χ3v) is 5.35. The third kappa shape index (κ3) is 4.36. The number of nitrogens with one attached hydrogen (secondary N) is 1. The molecule has 0 saturated carbocycles. The third-order valence-electron chi connectivity index (χ3n) is 5.05. The number of halogens is 2. The van der Waals surface area contributed by atoms with E-state index in [9.17, 15) is 9.18 Å². The van der Waals surface area contributed by atoms with E-state index in [0.717, 1.165) is 22.2 Å². The highest BCUT2D eigenvalue weighted by atomic mass is 35.5. The lowest BCUT2D eigenvalue weighted by molar-refractivity contribution is -0.121. The monoisotopic (exact) mass is 426 g/mol. The van der Waals surface area contributed by atoms with Crippen molar-refractivity contribution in [2.24, 2.45) is 0 Å². The van der Waals surface area contributed by atoms with Crippen molar-refractivity contribution in [3.63, 3.8) is 0 Å². The van der Waals surface area contributed by atoms with Crippen LogP contribution in [0.25, 0.3) is 11.0 Å². The van der Waals surface area contributed by atoms with E-state index in [1.807, 2.05) is 28.8 Å². The number of rotatable bonds is 7. The number of amides is 1. The molecule has 4 aromatic rings. The van der Waals surface area contributed by atoms with Crippen molar-refractivity contribution in [2.75, 3.05) is 0 Å². The summed E-state index contributed by atoms with van der Waals surface area (Å²) in [6.07, 6.45) is 2.39. The van der Waals surface area contributed by atoms with Crippen molar-refractivity contribution in [3.8, 4) is 0 Å². The van der Waals surface area contributed by atoms with Gasteiger partial charge in [-0.1, -0.05) is 29.4 Å². The first-order chi connectivity index (χ1) is 14.5. The van der Waals surface area contributed by atoms with E-state index < -0.39 is 0 Å². The van der Waals surface area contributed by atoms with Gasteiger partial charge in [-0.2, -0.15) is 0 Å². The van der Waals surface area contributed by atoms with E-state index in [2.05, 4.69) is 15.5 Å².